The van der Waals surface area contributed by atoms with Crippen molar-refractivity contribution in [2.45, 2.75) is 46.3 Å². The van der Waals surface area contributed by atoms with Gasteiger partial charge in [0.25, 0.3) is 0 Å². The summed E-state index contributed by atoms with van der Waals surface area (Å²) in [7, 11) is 0. The molecule has 0 bridgehead atoms. The Hall–Kier alpha value is -2.06. The van der Waals surface area contributed by atoms with Crippen molar-refractivity contribution >= 4 is 33.0 Å². The van der Waals surface area contributed by atoms with Gasteiger partial charge in [-0.15, -0.1) is 31.7 Å². The maximum atomic E-state index is 5.99. The number of ether oxygens (including phenoxy) is 1. The predicted molar refractivity (Wildman–Crippen MR) is 87.0 cm³/mol. The summed E-state index contributed by atoms with van der Waals surface area (Å²) in [5.41, 5.74) is 2.03. The van der Waals surface area contributed by atoms with Gasteiger partial charge in [0.1, 0.15) is 16.5 Å². The molecule has 0 unspecified atom stereocenters. The molecule has 0 saturated carbocycles. The zero-order valence-corrected chi connectivity index (χ0v) is 14.2. The highest BCUT2D eigenvalue weighted by atomic mass is 32.1. The molecule has 1 aliphatic heterocycles. The number of hydrogen-bond donors (Lipinski definition) is 0. The van der Waals surface area contributed by atoms with E-state index in [-0.39, 0.29) is 5.60 Å². The molecule has 5 rings (SSSR count). The average molecular weight is 328 g/mol. The van der Waals surface area contributed by atoms with Crippen molar-refractivity contribution in [2.24, 2.45) is 0 Å². The molecule has 0 atom stereocenters. The number of fused-ring (bicyclic) bond motifs is 8. The number of rotatable bonds is 0. The van der Waals surface area contributed by atoms with Crippen molar-refractivity contribution in [2.75, 3.05) is 0 Å². The highest BCUT2D eigenvalue weighted by Crippen LogP contribution is 2.41. The summed E-state index contributed by atoms with van der Waals surface area (Å²) in [5, 5.41) is 18.5. The summed E-state index contributed by atoms with van der Waals surface area (Å²) >= 11 is 1.75. The molecular weight excluding hydrogens is 312 g/mol. The molecule has 0 aliphatic carbocycles. The van der Waals surface area contributed by atoms with Gasteiger partial charge in [-0.2, -0.15) is 0 Å². The van der Waals surface area contributed by atoms with Crippen LogP contribution in [0, 0.1) is 13.8 Å². The first-order valence-corrected chi connectivity index (χ1v) is 8.41. The minimum atomic E-state index is -0.162. The predicted octanol–water partition coefficient (Wildman–Crippen LogP) is 2.45. The standard InChI is InChI=1S/C15H16N6OS/c1-7-16-18-12-11-9-5-15(3,4)22-6-10(9)23-13(11)21-8(2)17-19-14(21)20(7)12/h5-6H2,1-4H3. The van der Waals surface area contributed by atoms with Crippen LogP contribution in [0.1, 0.15) is 35.9 Å². The lowest BCUT2D eigenvalue weighted by molar-refractivity contribution is -0.0379. The molecule has 118 valence electrons. The van der Waals surface area contributed by atoms with Crippen LogP contribution in [0.2, 0.25) is 0 Å². The van der Waals surface area contributed by atoms with Crippen LogP contribution in [0.3, 0.4) is 0 Å². The summed E-state index contributed by atoms with van der Waals surface area (Å²) in [4.78, 5) is 2.40. The van der Waals surface area contributed by atoms with Crippen molar-refractivity contribution in [3.63, 3.8) is 0 Å². The van der Waals surface area contributed by atoms with Gasteiger partial charge in [0.2, 0.25) is 5.78 Å². The Morgan fingerprint density at radius 2 is 1.78 bits per heavy atom. The Morgan fingerprint density at radius 3 is 2.61 bits per heavy atom. The monoisotopic (exact) mass is 328 g/mol. The fraction of sp³-hybridized carbons (Fsp3) is 0.467. The van der Waals surface area contributed by atoms with Crippen molar-refractivity contribution < 1.29 is 4.74 Å². The van der Waals surface area contributed by atoms with Gasteiger partial charge in [-0.25, -0.2) is 4.40 Å². The van der Waals surface area contributed by atoms with Crippen molar-refractivity contribution in [1.82, 2.24) is 29.2 Å². The van der Waals surface area contributed by atoms with E-state index in [0.29, 0.717) is 6.61 Å². The van der Waals surface area contributed by atoms with Crippen molar-refractivity contribution in [1.29, 1.82) is 0 Å². The Bertz CT molecular complexity index is 1100. The van der Waals surface area contributed by atoms with Gasteiger partial charge < -0.3 is 4.74 Å². The summed E-state index contributed by atoms with van der Waals surface area (Å²) in [6, 6.07) is 0. The molecule has 4 aromatic rings. The van der Waals surface area contributed by atoms with Crippen LogP contribution in [0.25, 0.3) is 21.6 Å². The van der Waals surface area contributed by atoms with Gasteiger partial charge in [-0.3, -0.25) is 4.40 Å². The summed E-state index contributed by atoms with van der Waals surface area (Å²) in [6.07, 6.45) is 0.872. The van der Waals surface area contributed by atoms with Gasteiger partial charge in [0.15, 0.2) is 5.65 Å². The zero-order chi connectivity index (χ0) is 15.9. The maximum Gasteiger partial charge on any atom is 0.243 e. The quantitative estimate of drug-likeness (QED) is 0.496. The second kappa shape index (κ2) is 4.07. The minimum absolute atomic E-state index is 0.162. The molecule has 4 aromatic heterocycles. The van der Waals surface area contributed by atoms with Crippen molar-refractivity contribution in [3.8, 4) is 0 Å². The fourth-order valence-corrected chi connectivity index (χ4v) is 4.69. The largest absolute Gasteiger partial charge is 0.370 e. The highest BCUT2D eigenvalue weighted by Gasteiger charge is 2.32. The third kappa shape index (κ3) is 1.62. The number of thiophene rings is 1. The third-order valence-corrected chi connectivity index (χ3v) is 5.72. The number of aromatic nitrogens is 6. The Balaban J connectivity index is 2.05. The molecule has 0 aromatic carbocycles. The first kappa shape index (κ1) is 13.4. The smallest absolute Gasteiger partial charge is 0.243 e. The van der Waals surface area contributed by atoms with Crippen LogP contribution >= 0.6 is 11.3 Å². The lowest BCUT2D eigenvalue weighted by Gasteiger charge is -2.30. The van der Waals surface area contributed by atoms with E-state index in [1.807, 2.05) is 18.2 Å². The van der Waals surface area contributed by atoms with E-state index < -0.39 is 0 Å². The Labute approximate surface area is 135 Å². The first-order chi connectivity index (χ1) is 11.0. The molecule has 0 fully saturated rings. The minimum Gasteiger partial charge on any atom is -0.370 e. The summed E-state index contributed by atoms with van der Waals surface area (Å²) in [5.74, 6) is 2.47. The number of aryl methyl sites for hydroxylation is 2. The second-order valence-electron chi connectivity index (χ2n) is 6.70. The Kier molecular flexibility index (Phi) is 2.37. The van der Waals surface area contributed by atoms with E-state index in [1.165, 1.54) is 10.4 Å². The molecule has 5 heterocycles. The van der Waals surface area contributed by atoms with Crippen LogP contribution in [-0.2, 0) is 17.8 Å². The Morgan fingerprint density at radius 1 is 1.04 bits per heavy atom. The zero-order valence-electron chi connectivity index (χ0n) is 13.4. The average Bonchev–Trinajstić information content (AvgIpc) is 3.14. The normalized spacial score (nSPS) is 17.4. The summed E-state index contributed by atoms with van der Waals surface area (Å²) < 4.78 is 10.1. The van der Waals surface area contributed by atoms with E-state index in [4.69, 9.17) is 4.74 Å². The molecule has 8 heteroatoms. The third-order valence-electron chi connectivity index (χ3n) is 4.53. The van der Waals surface area contributed by atoms with Gasteiger partial charge >= 0.3 is 0 Å². The molecular formula is C15H16N6OS. The maximum absolute atomic E-state index is 5.99. The fourth-order valence-electron chi connectivity index (χ4n) is 3.42. The highest BCUT2D eigenvalue weighted by molar-refractivity contribution is 7.19. The first-order valence-electron chi connectivity index (χ1n) is 7.60. The van der Waals surface area contributed by atoms with Gasteiger partial charge in [-0.1, -0.05) is 0 Å². The second-order valence-corrected chi connectivity index (χ2v) is 7.78. The molecule has 7 nitrogen and oxygen atoms in total. The van der Waals surface area contributed by atoms with Crippen LogP contribution in [0.15, 0.2) is 0 Å². The van der Waals surface area contributed by atoms with E-state index in [1.54, 1.807) is 11.3 Å². The summed E-state index contributed by atoms with van der Waals surface area (Å²) in [6.45, 7) is 8.83. The SMILES string of the molecule is Cc1nnc2c3c4c(sc3n3c(C)nnc3n12)COC(C)(C)C4. The molecule has 0 spiro atoms. The lowest BCUT2D eigenvalue weighted by atomic mass is 9.94. The van der Waals surface area contributed by atoms with E-state index in [2.05, 4.69) is 38.6 Å². The molecule has 0 N–H and O–H groups in total. The van der Waals surface area contributed by atoms with Gasteiger partial charge in [-0.05, 0) is 33.3 Å². The van der Waals surface area contributed by atoms with Crippen molar-refractivity contribution in [3.05, 3.63) is 22.1 Å². The topological polar surface area (TPSA) is 69.6 Å². The van der Waals surface area contributed by atoms with Crippen LogP contribution in [0.4, 0.5) is 0 Å². The molecule has 0 radical (unpaired) electrons. The van der Waals surface area contributed by atoms with Crippen LogP contribution in [-0.4, -0.2) is 34.8 Å². The number of nitrogens with zero attached hydrogens (tertiary/aromatic N) is 6. The molecule has 0 saturated heterocycles. The van der Waals surface area contributed by atoms with Crippen LogP contribution < -0.4 is 0 Å². The van der Waals surface area contributed by atoms with Crippen LogP contribution in [0.5, 0.6) is 0 Å². The number of hydrogen-bond acceptors (Lipinski definition) is 6. The van der Waals surface area contributed by atoms with E-state index in [9.17, 15) is 0 Å². The molecule has 1 aliphatic rings. The molecule has 0 amide bonds. The molecule has 23 heavy (non-hydrogen) atoms. The van der Waals surface area contributed by atoms with Gasteiger partial charge in [0.05, 0.1) is 17.6 Å². The van der Waals surface area contributed by atoms with E-state index >= 15 is 0 Å². The van der Waals surface area contributed by atoms with Gasteiger partial charge in [0, 0.05) is 11.3 Å². The lowest BCUT2D eigenvalue weighted by Crippen LogP contribution is -2.31. The van der Waals surface area contributed by atoms with E-state index in [0.717, 1.165) is 39.7 Å².